The number of rotatable bonds is 2. The summed E-state index contributed by atoms with van der Waals surface area (Å²) in [5, 5.41) is 14.1. The van der Waals surface area contributed by atoms with E-state index in [2.05, 4.69) is 10.2 Å². The summed E-state index contributed by atoms with van der Waals surface area (Å²) in [5.41, 5.74) is -0.940. The molecule has 13 heavy (non-hydrogen) atoms. The third kappa shape index (κ3) is 1.89. The number of hydrogen-bond acceptors (Lipinski definition) is 3. The summed E-state index contributed by atoms with van der Waals surface area (Å²) >= 11 is 5.28. The molecule has 0 atom stereocenters. The Morgan fingerprint density at radius 3 is 2.46 bits per heavy atom. The molecule has 0 fully saturated rings. The lowest BCUT2D eigenvalue weighted by Gasteiger charge is -2.08. The van der Waals surface area contributed by atoms with Crippen molar-refractivity contribution in [2.24, 2.45) is 0 Å². The van der Waals surface area contributed by atoms with Crippen LogP contribution in [0, 0.1) is 0 Å². The molecule has 0 amide bonds. The van der Waals surface area contributed by atoms with Crippen molar-refractivity contribution in [1.29, 1.82) is 0 Å². The second kappa shape index (κ2) is 3.21. The Labute approximate surface area is 76.2 Å². The maximum Gasteiger partial charge on any atom is 0.386 e. The van der Waals surface area contributed by atoms with Gasteiger partial charge in [0, 0.05) is 0 Å². The van der Waals surface area contributed by atoms with Crippen molar-refractivity contribution in [2.75, 3.05) is 0 Å². The number of hydrogen-bond donors (Lipinski definition) is 1. The maximum absolute atomic E-state index is 12.7. The first kappa shape index (κ1) is 9.79. The molecule has 1 rings (SSSR count). The Hall–Kier alpha value is -1.30. The van der Waals surface area contributed by atoms with E-state index < -0.39 is 17.6 Å². The Bertz CT molecular complexity index is 328. The predicted octanol–water partition coefficient (Wildman–Crippen LogP) is 1.31. The molecule has 70 valence electrons. The average molecular weight is 209 g/mol. The van der Waals surface area contributed by atoms with Gasteiger partial charge in [-0.1, -0.05) is 11.6 Å². The fourth-order valence-corrected chi connectivity index (χ4v) is 0.694. The van der Waals surface area contributed by atoms with Gasteiger partial charge in [-0.2, -0.15) is 8.78 Å². The highest BCUT2D eigenvalue weighted by Crippen LogP contribution is 2.25. The highest BCUT2D eigenvalue weighted by molar-refractivity contribution is 6.29. The van der Waals surface area contributed by atoms with Gasteiger partial charge in [0.15, 0.2) is 5.15 Å². The summed E-state index contributed by atoms with van der Waals surface area (Å²) < 4.78 is 25.3. The number of carbonyl (C=O) groups is 1. The van der Waals surface area contributed by atoms with Crippen LogP contribution in [0.25, 0.3) is 0 Å². The molecule has 1 heterocycles. The fraction of sp³-hybridized carbons (Fsp3) is 0.167. The zero-order valence-electron chi connectivity index (χ0n) is 6.04. The van der Waals surface area contributed by atoms with Gasteiger partial charge in [0.1, 0.15) is 5.69 Å². The summed E-state index contributed by atoms with van der Waals surface area (Å²) in [4.78, 5) is 10.1. The molecular formula is C6H3ClF2N2O2. The molecule has 0 aliphatic heterocycles. The van der Waals surface area contributed by atoms with E-state index in [1.807, 2.05) is 0 Å². The summed E-state index contributed by atoms with van der Waals surface area (Å²) in [7, 11) is 0. The smallest absolute Gasteiger partial charge is 0.386 e. The third-order valence-electron chi connectivity index (χ3n) is 1.22. The highest BCUT2D eigenvalue weighted by Gasteiger charge is 2.43. The van der Waals surface area contributed by atoms with Crippen LogP contribution < -0.4 is 0 Å². The number of alkyl halides is 2. The molecule has 0 radical (unpaired) electrons. The minimum absolute atomic E-state index is 0.0788. The summed E-state index contributed by atoms with van der Waals surface area (Å²) in [6.45, 7) is 0. The van der Waals surface area contributed by atoms with E-state index in [1.165, 1.54) is 0 Å². The summed E-state index contributed by atoms with van der Waals surface area (Å²) in [6.07, 6.45) is 0. The predicted molar refractivity (Wildman–Crippen MR) is 38.6 cm³/mol. The lowest BCUT2D eigenvalue weighted by molar-refractivity contribution is -0.167. The molecule has 0 saturated carbocycles. The van der Waals surface area contributed by atoms with Crippen LogP contribution in [0.15, 0.2) is 12.1 Å². The van der Waals surface area contributed by atoms with E-state index in [9.17, 15) is 13.6 Å². The van der Waals surface area contributed by atoms with Gasteiger partial charge in [-0.15, -0.1) is 10.2 Å². The number of aliphatic carboxylic acids is 1. The van der Waals surface area contributed by atoms with Gasteiger partial charge in [0.25, 0.3) is 0 Å². The first-order chi connectivity index (χ1) is 5.94. The Balaban J connectivity index is 3.08. The lowest BCUT2D eigenvalue weighted by atomic mass is 10.2. The van der Waals surface area contributed by atoms with Crippen LogP contribution in [0.4, 0.5) is 8.78 Å². The minimum Gasteiger partial charge on any atom is -0.476 e. The summed E-state index contributed by atoms with van der Waals surface area (Å²) in [6, 6.07) is 1.85. The van der Waals surface area contributed by atoms with Crippen LogP contribution in [-0.4, -0.2) is 21.3 Å². The number of halogens is 3. The normalized spacial score (nSPS) is 11.3. The first-order valence-electron chi connectivity index (χ1n) is 3.05. The molecular weight excluding hydrogens is 206 g/mol. The van der Waals surface area contributed by atoms with Crippen LogP contribution in [0.2, 0.25) is 5.15 Å². The largest absolute Gasteiger partial charge is 0.476 e. The number of carboxylic acids is 1. The standard InChI is InChI=1S/C6H3ClF2N2O2/c7-4-2-1-3(10-11-4)6(8,9)5(12)13/h1-2H,(H,12,13). The van der Waals surface area contributed by atoms with Gasteiger partial charge in [0.05, 0.1) is 0 Å². The zero-order valence-corrected chi connectivity index (χ0v) is 6.79. The molecule has 0 aliphatic carbocycles. The second-order valence-electron chi connectivity index (χ2n) is 2.12. The topological polar surface area (TPSA) is 63.1 Å². The van der Waals surface area contributed by atoms with Crippen molar-refractivity contribution in [3.8, 4) is 0 Å². The first-order valence-corrected chi connectivity index (χ1v) is 3.43. The van der Waals surface area contributed by atoms with Gasteiger partial charge < -0.3 is 5.11 Å². The molecule has 0 saturated heterocycles. The molecule has 1 aromatic heterocycles. The molecule has 7 heteroatoms. The lowest BCUT2D eigenvalue weighted by Crippen LogP contribution is -2.26. The zero-order chi connectivity index (χ0) is 10.1. The van der Waals surface area contributed by atoms with Crippen LogP contribution in [-0.2, 0) is 10.7 Å². The van der Waals surface area contributed by atoms with Crippen molar-refractivity contribution in [1.82, 2.24) is 10.2 Å². The van der Waals surface area contributed by atoms with Crippen LogP contribution >= 0.6 is 11.6 Å². The fourth-order valence-electron chi connectivity index (χ4n) is 0.593. The van der Waals surface area contributed by atoms with Gasteiger partial charge in [-0.05, 0) is 12.1 Å². The molecule has 1 aromatic rings. The van der Waals surface area contributed by atoms with Crippen molar-refractivity contribution in [3.63, 3.8) is 0 Å². The van der Waals surface area contributed by atoms with Crippen LogP contribution in [0.5, 0.6) is 0 Å². The van der Waals surface area contributed by atoms with E-state index in [-0.39, 0.29) is 5.15 Å². The molecule has 0 bridgehead atoms. The second-order valence-corrected chi connectivity index (χ2v) is 2.51. The SMILES string of the molecule is O=C(O)C(F)(F)c1ccc(Cl)nn1. The Kier molecular flexibility index (Phi) is 2.42. The minimum atomic E-state index is -4.03. The molecule has 0 unspecified atom stereocenters. The Morgan fingerprint density at radius 2 is 2.08 bits per heavy atom. The molecule has 1 N–H and O–H groups in total. The van der Waals surface area contributed by atoms with Crippen LogP contribution in [0.3, 0.4) is 0 Å². The maximum atomic E-state index is 12.7. The van der Waals surface area contributed by atoms with E-state index >= 15 is 0 Å². The third-order valence-corrected chi connectivity index (χ3v) is 1.42. The molecule has 0 spiro atoms. The van der Waals surface area contributed by atoms with Gasteiger partial charge in [-0.25, -0.2) is 4.79 Å². The number of aromatic nitrogens is 2. The van der Waals surface area contributed by atoms with Crippen molar-refractivity contribution in [3.05, 3.63) is 23.0 Å². The van der Waals surface area contributed by atoms with Crippen molar-refractivity contribution < 1.29 is 18.7 Å². The monoisotopic (exact) mass is 208 g/mol. The van der Waals surface area contributed by atoms with Crippen LogP contribution in [0.1, 0.15) is 5.69 Å². The quantitative estimate of drug-likeness (QED) is 0.796. The van der Waals surface area contributed by atoms with Gasteiger partial charge >= 0.3 is 11.9 Å². The van der Waals surface area contributed by atoms with E-state index in [4.69, 9.17) is 16.7 Å². The Morgan fingerprint density at radius 1 is 1.46 bits per heavy atom. The summed E-state index contributed by atoms with van der Waals surface area (Å²) in [5.74, 6) is -6.30. The molecule has 4 nitrogen and oxygen atoms in total. The van der Waals surface area contributed by atoms with E-state index in [0.717, 1.165) is 12.1 Å². The molecule has 0 aliphatic rings. The van der Waals surface area contributed by atoms with Crippen molar-refractivity contribution >= 4 is 17.6 Å². The number of carboxylic acid groups (broad SMARTS) is 1. The molecule has 0 aromatic carbocycles. The van der Waals surface area contributed by atoms with E-state index in [1.54, 1.807) is 0 Å². The number of nitrogens with zero attached hydrogens (tertiary/aromatic N) is 2. The van der Waals surface area contributed by atoms with Crippen molar-refractivity contribution in [2.45, 2.75) is 5.92 Å². The van der Waals surface area contributed by atoms with Gasteiger partial charge in [0.2, 0.25) is 0 Å². The van der Waals surface area contributed by atoms with E-state index in [0.29, 0.717) is 0 Å². The highest BCUT2D eigenvalue weighted by atomic mass is 35.5. The van der Waals surface area contributed by atoms with Gasteiger partial charge in [-0.3, -0.25) is 0 Å². The average Bonchev–Trinajstić information content (AvgIpc) is 2.04.